The maximum atomic E-state index is 11.8. The summed E-state index contributed by atoms with van der Waals surface area (Å²) in [7, 11) is -2.34. The monoisotopic (exact) mass is 453 g/mol. The normalized spacial score (nSPS) is 12.6. The van der Waals surface area contributed by atoms with Gasteiger partial charge in [-0.2, -0.15) is 0 Å². The fraction of sp³-hybridized carbons (Fsp3) is 1.00. The van der Waals surface area contributed by atoms with Crippen LogP contribution in [0.2, 0.25) is 0 Å². The van der Waals surface area contributed by atoms with Crippen molar-refractivity contribution in [1.82, 2.24) is 0 Å². The third-order valence-corrected chi connectivity index (χ3v) is 5.44. The highest BCUT2D eigenvalue weighted by Crippen LogP contribution is 2.35. The molecule has 10 heteroatoms. The molecule has 0 rings (SSSR count). The Hall–Kier alpha value is 1.76. The molecule has 0 spiro atoms. The molecule has 0 N–H and O–H groups in total. The number of hydrogen-bond donors (Lipinski definition) is 0. The van der Waals surface area contributed by atoms with Crippen molar-refractivity contribution in [1.29, 1.82) is 0 Å². The molecule has 132 valence electrons. The summed E-state index contributed by atoms with van der Waals surface area (Å²) in [5, 5.41) is 0. The highest BCUT2D eigenvalue weighted by molar-refractivity contribution is 7.33. The van der Waals surface area contributed by atoms with Crippen LogP contribution in [0.3, 0.4) is 0 Å². The third-order valence-electron chi connectivity index (χ3n) is 3.03. The Morgan fingerprint density at radius 3 is 1.18 bits per heavy atom. The van der Waals surface area contributed by atoms with Gasteiger partial charge in [0.15, 0.2) is 0 Å². The second kappa shape index (κ2) is 13.0. The van der Waals surface area contributed by atoms with E-state index in [4.69, 9.17) is 78.7 Å². The SMILES string of the molecule is O=[P+](OCC(Cl)(CCCl)CCCl)OCC(Cl)(CCCl)CCCl. The van der Waals surface area contributed by atoms with Crippen LogP contribution in [0, 0.1) is 0 Å². The van der Waals surface area contributed by atoms with Crippen molar-refractivity contribution in [3.05, 3.63) is 0 Å². The highest BCUT2D eigenvalue weighted by Gasteiger charge is 2.36. The summed E-state index contributed by atoms with van der Waals surface area (Å²) in [4.78, 5) is -1.50. The summed E-state index contributed by atoms with van der Waals surface area (Å²) in [5.41, 5.74) is 0. The van der Waals surface area contributed by atoms with Crippen LogP contribution in [0.25, 0.3) is 0 Å². The molecule has 0 aliphatic heterocycles. The predicted octanol–water partition coefficient (Wildman–Crippen LogP) is 6.15. The molecule has 0 heterocycles. The van der Waals surface area contributed by atoms with Gasteiger partial charge in [-0.05, 0) is 25.7 Å². The quantitative estimate of drug-likeness (QED) is 0.233. The number of alkyl halides is 6. The molecule has 0 atom stereocenters. The van der Waals surface area contributed by atoms with Crippen molar-refractivity contribution >= 4 is 77.9 Å². The van der Waals surface area contributed by atoms with Crippen LogP contribution in [0.1, 0.15) is 25.7 Å². The molecule has 0 unspecified atom stereocenters. The molecule has 0 fully saturated rings. The van der Waals surface area contributed by atoms with Crippen molar-refractivity contribution in [3.8, 4) is 0 Å². The Kier molecular flexibility index (Phi) is 14.1. The van der Waals surface area contributed by atoms with Crippen molar-refractivity contribution in [2.24, 2.45) is 0 Å². The van der Waals surface area contributed by atoms with Crippen LogP contribution in [-0.4, -0.2) is 46.5 Å². The minimum Gasteiger partial charge on any atom is -0.127 e. The lowest BCUT2D eigenvalue weighted by Gasteiger charge is -2.23. The molecule has 0 saturated carbocycles. The van der Waals surface area contributed by atoms with E-state index in [-0.39, 0.29) is 13.2 Å². The van der Waals surface area contributed by atoms with E-state index in [9.17, 15) is 4.57 Å². The lowest BCUT2D eigenvalue weighted by Crippen LogP contribution is -2.30. The smallest absolute Gasteiger partial charge is 0.127 e. The lowest BCUT2D eigenvalue weighted by molar-refractivity contribution is 0.185. The first-order valence-electron chi connectivity index (χ1n) is 6.69. The largest absolute Gasteiger partial charge is 0.697 e. The van der Waals surface area contributed by atoms with Crippen LogP contribution in [0.15, 0.2) is 0 Å². The summed E-state index contributed by atoms with van der Waals surface area (Å²) in [6.45, 7) is 0.0625. The van der Waals surface area contributed by atoms with Crippen LogP contribution < -0.4 is 0 Å². The van der Waals surface area contributed by atoms with Crippen molar-refractivity contribution in [2.45, 2.75) is 35.4 Å². The maximum absolute atomic E-state index is 11.8. The molecule has 0 saturated heterocycles. The fourth-order valence-corrected chi connectivity index (χ4v) is 4.84. The van der Waals surface area contributed by atoms with Gasteiger partial charge < -0.3 is 0 Å². The van der Waals surface area contributed by atoms with E-state index in [0.717, 1.165) is 0 Å². The molecule has 0 aliphatic rings. The highest BCUT2D eigenvalue weighted by atomic mass is 35.5. The first-order chi connectivity index (χ1) is 10.3. The standard InChI is InChI=1S/C12H20Cl6O3P/c13-5-1-11(17,2-6-14)9-20-22(19)21-10-12(18,3-7-15)4-8-16/h1-10H2/q+1. The van der Waals surface area contributed by atoms with Crippen LogP contribution >= 0.6 is 77.9 Å². The first kappa shape index (κ1) is 23.8. The summed E-state index contributed by atoms with van der Waals surface area (Å²) >= 11 is 35.5. The fourth-order valence-electron chi connectivity index (χ4n) is 1.59. The van der Waals surface area contributed by atoms with Gasteiger partial charge in [0.05, 0.1) is 9.75 Å². The molecule has 0 bridgehead atoms. The minimum atomic E-state index is -2.34. The Bertz CT molecular complexity index is 281. The Morgan fingerprint density at radius 1 is 0.682 bits per heavy atom. The molecular formula is C12H20Cl6O3P+. The second-order valence-corrected chi connectivity index (χ2v) is 8.91. The minimum absolute atomic E-state index is 0.0312. The van der Waals surface area contributed by atoms with Gasteiger partial charge in [-0.3, -0.25) is 0 Å². The molecule has 22 heavy (non-hydrogen) atoms. The van der Waals surface area contributed by atoms with Gasteiger partial charge >= 0.3 is 8.25 Å². The van der Waals surface area contributed by atoms with Gasteiger partial charge in [0.2, 0.25) is 0 Å². The van der Waals surface area contributed by atoms with Crippen LogP contribution in [-0.2, 0) is 13.6 Å². The topological polar surface area (TPSA) is 35.5 Å². The Morgan fingerprint density at radius 2 is 0.955 bits per heavy atom. The van der Waals surface area contributed by atoms with Crippen LogP contribution in [0.5, 0.6) is 0 Å². The first-order valence-corrected chi connectivity index (χ1v) is 10.7. The van der Waals surface area contributed by atoms with Gasteiger partial charge in [-0.15, -0.1) is 78.7 Å². The number of hydrogen-bond acceptors (Lipinski definition) is 3. The van der Waals surface area contributed by atoms with E-state index in [1.54, 1.807) is 0 Å². The Labute approximate surface area is 163 Å². The van der Waals surface area contributed by atoms with E-state index in [1.165, 1.54) is 0 Å². The zero-order chi connectivity index (χ0) is 17.1. The molecule has 0 aromatic heterocycles. The maximum Gasteiger partial charge on any atom is 0.697 e. The molecule has 3 nitrogen and oxygen atoms in total. The average Bonchev–Trinajstić information content (AvgIpc) is 2.44. The summed E-state index contributed by atoms with van der Waals surface area (Å²) < 4.78 is 22.2. The van der Waals surface area contributed by atoms with Gasteiger partial charge in [0, 0.05) is 28.1 Å². The van der Waals surface area contributed by atoms with Gasteiger partial charge in [0.25, 0.3) is 0 Å². The predicted molar refractivity (Wildman–Crippen MR) is 98.0 cm³/mol. The molecule has 0 amide bonds. The molecule has 0 aliphatic carbocycles. The Balaban J connectivity index is 4.31. The van der Waals surface area contributed by atoms with E-state index in [1.807, 2.05) is 0 Å². The van der Waals surface area contributed by atoms with Gasteiger partial charge in [-0.1, -0.05) is 0 Å². The van der Waals surface area contributed by atoms with Crippen molar-refractivity contribution in [2.75, 3.05) is 36.7 Å². The summed E-state index contributed by atoms with van der Waals surface area (Å²) in [5.74, 6) is 1.44. The van der Waals surface area contributed by atoms with Crippen LogP contribution in [0.4, 0.5) is 0 Å². The average molecular weight is 456 g/mol. The zero-order valence-corrected chi connectivity index (χ0v) is 17.4. The van der Waals surface area contributed by atoms with Crippen molar-refractivity contribution < 1.29 is 13.6 Å². The third kappa shape index (κ3) is 10.6. The van der Waals surface area contributed by atoms with Gasteiger partial charge in [-0.25, -0.2) is 0 Å². The lowest BCUT2D eigenvalue weighted by atomic mass is 10.0. The molecular weight excluding hydrogens is 436 g/mol. The molecule has 0 aromatic carbocycles. The number of rotatable bonds is 14. The second-order valence-electron chi connectivity index (χ2n) is 4.83. The van der Waals surface area contributed by atoms with Gasteiger partial charge in [0.1, 0.15) is 13.2 Å². The van der Waals surface area contributed by atoms with E-state index in [2.05, 4.69) is 0 Å². The van der Waals surface area contributed by atoms with E-state index >= 15 is 0 Å². The summed E-state index contributed by atoms with van der Waals surface area (Å²) in [6.07, 6.45) is 1.96. The van der Waals surface area contributed by atoms with Crippen molar-refractivity contribution in [3.63, 3.8) is 0 Å². The van der Waals surface area contributed by atoms with E-state index in [0.29, 0.717) is 49.2 Å². The molecule has 0 aromatic rings. The molecule has 0 radical (unpaired) electrons. The summed E-state index contributed by atoms with van der Waals surface area (Å²) in [6, 6.07) is 0. The van der Waals surface area contributed by atoms with E-state index < -0.39 is 18.0 Å². The number of halogens is 6. The zero-order valence-electron chi connectivity index (χ0n) is 12.0.